The van der Waals surface area contributed by atoms with E-state index in [0.29, 0.717) is 17.7 Å². The summed E-state index contributed by atoms with van der Waals surface area (Å²) in [4.78, 5) is 30.1. The normalized spacial score (nSPS) is 13.6. The zero-order chi connectivity index (χ0) is 16.9. The van der Waals surface area contributed by atoms with Gasteiger partial charge in [-0.2, -0.15) is 0 Å². The minimum Gasteiger partial charge on any atom is -0.329 e. The van der Waals surface area contributed by atoms with Gasteiger partial charge in [-0.05, 0) is 25.0 Å². The summed E-state index contributed by atoms with van der Waals surface area (Å²) < 4.78 is 2.02. The molecule has 2 heterocycles. The third-order valence-corrected chi connectivity index (χ3v) is 5.31. The molecule has 0 spiro atoms. The van der Waals surface area contributed by atoms with Gasteiger partial charge in [-0.25, -0.2) is 4.98 Å². The molecule has 6 heteroatoms. The molecular weight excluding hydrogens is 322 g/mol. The van der Waals surface area contributed by atoms with Crippen LogP contribution in [0.2, 0.25) is 0 Å². The molecule has 3 rings (SSSR count). The van der Waals surface area contributed by atoms with Gasteiger partial charge in [0.1, 0.15) is 0 Å². The van der Waals surface area contributed by atoms with Gasteiger partial charge in [0, 0.05) is 31.7 Å². The largest absolute Gasteiger partial charge is 0.329 e. The molecule has 1 aromatic carbocycles. The van der Waals surface area contributed by atoms with Crippen molar-refractivity contribution in [3.63, 3.8) is 0 Å². The van der Waals surface area contributed by atoms with Crippen LogP contribution < -0.4 is 0 Å². The second-order valence-corrected chi connectivity index (χ2v) is 6.95. The second-order valence-electron chi connectivity index (χ2n) is 5.89. The van der Waals surface area contributed by atoms with Crippen molar-refractivity contribution >= 4 is 23.6 Å². The lowest BCUT2D eigenvalue weighted by Crippen LogP contribution is -2.30. The molecule has 1 aromatic heterocycles. The number of aryl methyl sites for hydroxylation is 1. The van der Waals surface area contributed by atoms with Crippen molar-refractivity contribution in [3.05, 3.63) is 47.8 Å². The van der Waals surface area contributed by atoms with E-state index < -0.39 is 0 Å². The molecule has 126 valence electrons. The molecule has 5 nitrogen and oxygen atoms in total. The monoisotopic (exact) mass is 343 g/mol. The molecule has 24 heavy (non-hydrogen) atoms. The molecular formula is C18H21N3O2S. The van der Waals surface area contributed by atoms with Gasteiger partial charge in [-0.3, -0.25) is 14.5 Å². The number of carbonyl (C=O) groups is 2. The van der Waals surface area contributed by atoms with Gasteiger partial charge >= 0.3 is 0 Å². The smallest absolute Gasteiger partial charge is 0.261 e. The van der Waals surface area contributed by atoms with Crippen molar-refractivity contribution < 1.29 is 9.59 Å². The molecule has 0 saturated heterocycles. The molecule has 1 aliphatic heterocycles. The number of imidazole rings is 1. The Morgan fingerprint density at radius 3 is 2.29 bits per heavy atom. The second kappa shape index (κ2) is 7.66. The van der Waals surface area contributed by atoms with Gasteiger partial charge in [-0.1, -0.05) is 36.7 Å². The van der Waals surface area contributed by atoms with Crippen molar-refractivity contribution in [2.45, 2.75) is 30.8 Å². The Morgan fingerprint density at radius 2 is 1.67 bits per heavy atom. The molecule has 0 N–H and O–H groups in total. The Kier molecular flexibility index (Phi) is 5.35. The highest BCUT2D eigenvalue weighted by molar-refractivity contribution is 7.99. The van der Waals surface area contributed by atoms with Crippen molar-refractivity contribution in [3.8, 4) is 0 Å². The topological polar surface area (TPSA) is 55.2 Å². The van der Waals surface area contributed by atoms with E-state index in [-0.39, 0.29) is 11.8 Å². The van der Waals surface area contributed by atoms with E-state index in [0.717, 1.165) is 36.6 Å². The zero-order valence-electron chi connectivity index (χ0n) is 13.8. The fraction of sp³-hybridized carbons (Fsp3) is 0.389. The molecule has 0 aliphatic carbocycles. The lowest BCUT2D eigenvalue weighted by atomic mass is 10.1. The minimum atomic E-state index is -0.152. The summed E-state index contributed by atoms with van der Waals surface area (Å²) in [5.74, 6) is 0.736. The molecule has 0 atom stereocenters. The maximum absolute atomic E-state index is 12.2. The van der Waals surface area contributed by atoms with E-state index >= 15 is 0 Å². The summed E-state index contributed by atoms with van der Waals surface area (Å²) in [6.07, 6.45) is 7.85. The first kappa shape index (κ1) is 16.8. The van der Waals surface area contributed by atoms with E-state index in [4.69, 9.17) is 0 Å². The predicted molar refractivity (Wildman–Crippen MR) is 94.2 cm³/mol. The SMILES string of the molecule is Cn1ccnc1SCCCCCCN1C(=O)c2ccccc2C1=O. The van der Waals surface area contributed by atoms with E-state index in [1.54, 1.807) is 36.0 Å². The number of nitrogens with zero attached hydrogens (tertiary/aromatic N) is 3. The quantitative estimate of drug-likeness (QED) is 0.419. The van der Waals surface area contributed by atoms with Crippen molar-refractivity contribution in [1.29, 1.82) is 0 Å². The van der Waals surface area contributed by atoms with Crippen LogP contribution in [0.15, 0.2) is 41.8 Å². The highest BCUT2D eigenvalue weighted by atomic mass is 32.2. The lowest BCUT2D eigenvalue weighted by molar-refractivity contribution is 0.0651. The predicted octanol–water partition coefficient (Wildman–Crippen LogP) is 3.37. The van der Waals surface area contributed by atoms with Crippen LogP contribution >= 0.6 is 11.8 Å². The lowest BCUT2D eigenvalue weighted by Gasteiger charge is -2.13. The first-order valence-electron chi connectivity index (χ1n) is 8.24. The van der Waals surface area contributed by atoms with Crippen LogP contribution in [0, 0.1) is 0 Å². The standard InChI is InChI=1S/C18H21N3O2S/c1-20-12-10-19-18(20)24-13-7-3-2-6-11-21-16(22)14-8-4-5-9-15(14)17(21)23/h4-5,8-10,12H,2-3,6-7,11,13H2,1H3. The number of thioether (sulfide) groups is 1. The molecule has 0 radical (unpaired) electrons. The number of fused-ring (bicyclic) bond motifs is 1. The molecule has 1 aliphatic rings. The van der Waals surface area contributed by atoms with Gasteiger partial charge in [0.05, 0.1) is 11.1 Å². The summed E-state index contributed by atoms with van der Waals surface area (Å²) in [5, 5.41) is 1.04. The number of hydrogen-bond acceptors (Lipinski definition) is 4. The Bertz CT molecular complexity index is 706. The average molecular weight is 343 g/mol. The summed E-state index contributed by atoms with van der Waals surface area (Å²) in [5.41, 5.74) is 1.07. The molecule has 2 aromatic rings. The molecule has 0 fully saturated rings. The van der Waals surface area contributed by atoms with Crippen LogP contribution in [0.3, 0.4) is 0 Å². The summed E-state index contributed by atoms with van der Waals surface area (Å²) >= 11 is 1.76. The van der Waals surface area contributed by atoms with E-state index in [9.17, 15) is 9.59 Å². The number of rotatable bonds is 8. The van der Waals surface area contributed by atoms with Gasteiger partial charge in [-0.15, -0.1) is 0 Å². The number of aromatic nitrogens is 2. The minimum absolute atomic E-state index is 0.152. The number of imide groups is 1. The fourth-order valence-corrected chi connectivity index (χ4v) is 3.75. The Hall–Kier alpha value is -2.08. The van der Waals surface area contributed by atoms with Crippen LogP contribution in [0.4, 0.5) is 0 Å². The Balaban J connectivity index is 1.35. The number of benzene rings is 1. The van der Waals surface area contributed by atoms with E-state index in [2.05, 4.69) is 4.98 Å². The Morgan fingerprint density at radius 1 is 1.00 bits per heavy atom. The van der Waals surface area contributed by atoms with Gasteiger partial charge < -0.3 is 4.57 Å². The number of carbonyl (C=O) groups excluding carboxylic acids is 2. The van der Waals surface area contributed by atoms with Crippen LogP contribution in [-0.4, -0.2) is 38.6 Å². The third kappa shape index (κ3) is 3.53. The van der Waals surface area contributed by atoms with Crippen LogP contribution in [-0.2, 0) is 7.05 Å². The number of amides is 2. The zero-order valence-corrected chi connectivity index (χ0v) is 14.6. The van der Waals surface area contributed by atoms with E-state index in [1.807, 2.05) is 24.0 Å². The highest BCUT2D eigenvalue weighted by Crippen LogP contribution is 2.23. The van der Waals surface area contributed by atoms with Crippen molar-refractivity contribution in [2.24, 2.45) is 7.05 Å². The third-order valence-electron chi connectivity index (χ3n) is 4.16. The summed E-state index contributed by atoms with van der Waals surface area (Å²) in [7, 11) is 2.00. The van der Waals surface area contributed by atoms with Gasteiger partial charge in [0.15, 0.2) is 5.16 Å². The van der Waals surface area contributed by atoms with Crippen LogP contribution in [0.1, 0.15) is 46.4 Å². The average Bonchev–Trinajstić information content (AvgIpc) is 3.10. The first-order chi connectivity index (χ1) is 11.7. The Labute approximate surface area is 146 Å². The van der Waals surface area contributed by atoms with Crippen LogP contribution in [0.5, 0.6) is 0 Å². The number of hydrogen-bond donors (Lipinski definition) is 0. The van der Waals surface area contributed by atoms with Crippen molar-refractivity contribution in [2.75, 3.05) is 12.3 Å². The fourth-order valence-electron chi connectivity index (χ4n) is 2.82. The summed E-state index contributed by atoms with van der Waals surface area (Å²) in [6.45, 7) is 0.513. The van der Waals surface area contributed by atoms with Gasteiger partial charge in [0.2, 0.25) is 0 Å². The molecule has 0 bridgehead atoms. The first-order valence-corrected chi connectivity index (χ1v) is 9.22. The van der Waals surface area contributed by atoms with Crippen LogP contribution in [0.25, 0.3) is 0 Å². The molecule has 2 amide bonds. The maximum Gasteiger partial charge on any atom is 0.261 e. The number of unbranched alkanes of at least 4 members (excludes halogenated alkanes) is 3. The van der Waals surface area contributed by atoms with Crippen molar-refractivity contribution in [1.82, 2.24) is 14.5 Å². The maximum atomic E-state index is 12.2. The summed E-state index contributed by atoms with van der Waals surface area (Å²) in [6, 6.07) is 7.05. The molecule has 0 saturated carbocycles. The van der Waals surface area contributed by atoms with E-state index in [1.165, 1.54) is 4.90 Å². The molecule has 0 unspecified atom stereocenters. The van der Waals surface area contributed by atoms with Gasteiger partial charge in [0.25, 0.3) is 11.8 Å². The highest BCUT2D eigenvalue weighted by Gasteiger charge is 2.34.